The predicted molar refractivity (Wildman–Crippen MR) is 156 cm³/mol. The number of benzene rings is 2. The summed E-state index contributed by atoms with van der Waals surface area (Å²) in [5.41, 5.74) is 7.52. The van der Waals surface area contributed by atoms with Crippen molar-refractivity contribution in [3.8, 4) is 11.3 Å². The average molecular weight is 513 g/mol. The molecule has 4 nitrogen and oxygen atoms in total. The summed E-state index contributed by atoms with van der Waals surface area (Å²) in [6.07, 6.45) is 6.96. The van der Waals surface area contributed by atoms with E-state index in [0.717, 1.165) is 32.4 Å². The van der Waals surface area contributed by atoms with E-state index in [4.69, 9.17) is 4.74 Å². The number of ether oxygens (including phenoxy) is 1. The lowest BCUT2D eigenvalue weighted by Crippen LogP contribution is -2.50. The van der Waals surface area contributed by atoms with Gasteiger partial charge in [-0.1, -0.05) is 63.9 Å². The second kappa shape index (κ2) is 9.55. The van der Waals surface area contributed by atoms with Gasteiger partial charge in [-0.25, -0.2) is 0 Å². The van der Waals surface area contributed by atoms with E-state index in [2.05, 4.69) is 79.6 Å². The SMILES string of the molecule is COC(=O)[C@]1(C)CCC[C@]2(C)c3ccc(C(C)C)cc3-c3c(c4ccccc4n3CCN3CCCCC3)C12. The molecule has 0 amide bonds. The number of rotatable bonds is 5. The van der Waals surface area contributed by atoms with Gasteiger partial charge in [0.25, 0.3) is 0 Å². The number of nitrogens with zero attached hydrogens (tertiary/aromatic N) is 2. The van der Waals surface area contributed by atoms with Crippen molar-refractivity contribution in [1.29, 1.82) is 0 Å². The number of para-hydroxylation sites is 1. The molecule has 1 unspecified atom stereocenters. The van der Waals surface area contributed by atoms with Crippen LogP contribution in [0.3, 0.4) is 0 Å². The van der Waals surface area contributed by atoms with E-state index in [1.807, 2.05) is 0 Å². The van der Waals surface area contributed by atoms with Gasteiger partial charge in [0.1, 0.15) is 0 Å². The Morgan fingerprint density at radius 3 is 2.50 bits per heavy atom. The number of esters is 1. The molecule has 3 atom stereocenters. The molecule has 1 aromatic heterocycles. The molecule has 1 saturated carbocycles. The van der Waals surface area contributed by atoms with E-state index in [-0.39, 0.29) is 17.3 Å². The van der Waals surface area contributed by atoms with Crippen LogP contribution in [0.5, 0.6) is 0 Å². The molecule has 0 bridgehead atoms. The maximum absolute atomic E-state index is 13.6. The van der Waals surface area contributed by atoms with Gasteiger partial charge in [-0.2, -0.15) is 0 Å². The van der Waals surface area contributed by atoms with E-state index in [9.17, 15) is 4.79 Å². The number of carbonyl (C=O) groups is 1. The minimum atomic E-state index is -0.563. The summed E-state index contributed by atoms with van der Waals surface area (Å²) < 4.78 is 8.14. The topological polar surface area (TPSA) is 34.5 Å². The number of piperidine rings is 1. The van der Waals surface area contributed by atoms with Crippen LogP contribution in [0.2, 0.25) is 0 Å². The molecular formula is C34H44N2O2. The van der Waals surface area contributed by atoms with Gasteiger partial charge >= 0.3 is 5.97 Å². The summed E-state index contributed by atoms with van der Waals surface area (Å²) in [6.45, 7) is 13.6. The molecular weight excluding hydrogens is 468 g/mol. The van der Waals surface area contributed by atoms with Crippen LogP contribution in [0.15, 0.2) is 42.5 Å². The summed E-state index contributed by atoms with van der Waals surface area (Å²) in [6, 6.07) is 16.2. The zero-order valence-corrected chi connectivity index (χ0v) is 24.0. The molecule has 2 fully saturated rings. The van der Waals surface area contributed by atoms with Crippen molar-refractivity contribution < 1.29 is 9.53 Å². The molecule has 2 aliphatic carbocycles. The lowest BCUT2D eigenvalue weighted by molar-refractivity contribution is -0.157. The summed E-state index contributed by atoms with van der Waals surface area (Å²) >= 11 is 0. The Morgan fingerprint density at radius 1 is 1.00 bits per heavy atom. The molecule has 38 heavy (non-hydrogen) atoms. The minimum absolute atomic E-state index is 0.0632. The lowest BCUT2D eigenvalue weighted by Gasteiger charge is -2.54. The number of hydrogen-bond acceptors (Lipinski definition) is 3. The lowest BCUT2D eigenvalue weighted by atomic mass is 9.49. The summed E-state index contributed by atoms with van der Waals surface area (Å²) in [7, 11) is 1.56. The Morgan fingerprint density at radius 2 is 1.76 bits per heavy atom. The number of aromatic nitrogens is 1. The molecule has 0 N–H and O–H groups in total. The first-order chi connectivity index (χ1) is 18.3. The number of hydrogen-bond donors (Lipinski definition) is 0. The van der Waals surface area contributed by atoms with Crippen LogP contribution in [0, 0.1) is 5.41 Å². The molecule has 3 aliphatic rings. The van der Waals surface area contributed by atoms with Gasteiger partial charge < -0.3 is 14.2 Å². The Kier molecular flexibility index (Phi) is 6.45. The van der Waals surface area contributed by atoms with Gasteiger partial charge in [-0.15, -0.1) is 0 Å². The van der Waals surface area contributed by atoms with Crippen LogP contribution in [-0.4, -0.2) is 42.2 Å². The second-order valence-corrected chi connectivity index (χ2v) is 12.9. The highest BCUT2D eigenvalue weighted by Gasteiger charge is 2.58. The van der Waals surface area contributed by atoms with Crippen LogP contribution >= 0.6 is 0 Å². The maximum Gasteiger partial charge on any atom is 0.312 e. The normalized spacial score (nSPS) is 27.2. The molecule has 3 aromatic rings. The van der Waals surface area contributed by atoms with Crippen molar-refractivity contribution in [1.82, 2.24) is 9.47 Å². The number of methoxy groups -OCH3 is 1. The average Bonchev–Trinajstić information content (AvgIpc) is 3.25. The van der Waals surface area contributed by atoms with Crippen molar-refractivity contribution in [3.05, 3.63) is 59.2 Å². The zero-order chi connectivity index (χ0) is 26.7. The Hall–Kier alpha value is -2.59. The molecule has 0 radical (unpaired) electrons. The summed E-state index contributed by atoms with van der Waals surface area (Å²) in [5.74, 6) is 0.476. The Labute approximate surface area is 228 Å². The number of fused-ring (bicyclic) bond motifs is 8. The van der Waals surface area contributed by atoms with Gasteiger partial charge in [-0.05, 0) is 80.4 Å². The quantitative estimate of drug-likeness (QED) is 0.330. The molecule has 2 heterocycles. The van der Waals surface area contributed by atoms with Crippen molar-refractivity contribution in [2.75, 3.05) is 26.7 Å². The Bertz CT molecular complexity index is 1360. The molecule has 4 heteroatoms. The standard InChI is InChI=1S/C34H44N2O2/c1-23(2)24-14-15-27-26(22-24)30-29(31-33(27,3)16-11-17-34(31,4)32(37)38-5)25-12-7-8-13-28(25)36(30)21-20-35-18-9-6-10-19-35/h7-8,12-15,22-23,31H,6,9-11,16-21H2,1-5H3/t31?,33-,34-/m1/s1. The van der Waals surface area contributed by atoms with Gasteiger partial charge in [0.05, 0.1) is 18.2 Å². The van der Waals surface area contributed by atoms with Gasteiger partial charge in [0.2, 0.25) is 0 Å². The summed E-state index contributed by atoms with van der Waals surface area (Å²) in [5, 5.41) is 1.31. The van der Waals surface area contributed by atoms with Gasteiger partial charge in [0, 0.05) is 40.9 Å². The molecule has 6 rings (SSSR count). The fourth-order valence-corrected chi connectivity index (χ4v) is 8.38. The monoisotopic (exact) mass is 512 g/mol. The highest BCUT2D eigenvalue weighted by Crippen LogP contribution is 2.65. The van der Waals surface area contributed by atoms with Gasteiger partial charge in [-0.3, -0.25) is 4.79 Å². The molecule has 202 valence electrons. The number of likely N-dealkylation sites (tertiary alicyclic amines) is 1. The molecule has 2 aromatic carbocycles. The zero-order valence-electron chi connectivity index (χ0n) is 24.0. The van der Waals surface area contributed by atoms with E-state index >= 15 is 0 Å². The van der Waals surface area contributed by atoms with E-state index in [1.54, 1.807) is 7.11 Å². The van der Waals surface area contributed by atoms with Crippen LogP contribution in [0.4, 0.5) is 0 Å². The molecule has 0 spiro atoms. The van der Waals surface area contributed by atoms with Gasteiger partial charge in [0.15, 0.2) is 0 Å². The van der Waals surface area contributed by atoms with Crippen LogP contribution in [0.25, 0.3) is 22.2 Å². The first-order valence-electron chi connectivity index (χ1n) is 14.9. The van der Waals surface area contributed by atoms with Crippen molar-refractivity contribution in [2.45, 2.75) is 90.0 Å². The Balaban J connectivity index is 1.63. The third-order valence-electron chi connectivity index (χ3n) is 10.3. The molecule has 1 aliphatic heterocycles. The first-order valence-corrected chi connectivity index (χ1v) is 14.9. The highest BCUT2D eigenvalue weighted by atomic mass is 16.5. The third-order valence-corrected chi connectivity index (χ3v) is 10.3. The third kappa shape index (κ3) is 3.78. The van der Waals surface area contributed by atoms with Crippen molar-refractivity contribution in [3.63, 3.8) is 0 Å². The second-order valence-electron chi connectivity index (χ2n) is 12.9. The fraction of sp³-hybridized carbons (Fsp3) is 0.559. The largest absolute Gasteiger partial charge is 0.469 e. The van der Waals surface area contributed by atoms with E-state index < -0.39 is 5.41 Å². The van der Waals surface area contributed by atoms with Crippen LogP contribution < -0.4 is 0 Å². The van der Waals surface area contributed by atoms with E-state index in [0.29, 0.717) is 5.92 Å². The first kappa shape index (κ1) is 25.7. The van der Waals surface area contributed by atoms with E-state index in [1.165, 1.54) is 71.2 Å². The molecule has 1 saturated heterocycles. The number of carbonyl (C=O) groups excluding carboxylic acids is 1. The predicted octanol–water partition coefficient (Wildman–Crippen LogP) is 7.64. The van der Waals surface area contributed by atoms with Crippen molar-refractivity contribution >= 4 is 16.9 Å². The summed E-state index contributed by atoms with van der Waals surface area (Å²) in [4.78, 5) is 16.2. The highest BCUT2D eigenvalue weighted by molar-refractivity contribution is 5.96. The smallest absolute Gasteiger partial charge is 0.312 e. The van der Waals surface area contributed by atoms with Crippen LogP contribution in [0.1, 0.15) is 94.7 Å². The van der Waals surface area contributed by atoms with Crippen LogP contribution in [-0.2, 0) is 21.5 Å². The minimum Gasteiger partial charge on any atom is -0.469 e. The van der Waals surface area contributed by atoms with Crippen molar-refractivity contribution in [2.24, 2.45) is 5.41 Å². The fourth-order valence-electron chi connectivity index (χ4n) is 8.38. The maximum atomic E-state index is 13.6.